The van der Waals surface area contributed by atoms with Crippen molar-refractivity contribution in [2.45, 2.75) is 38.8 Å². The van der Waals surface area contributed by atoms with Crippen molar-refractivity contribution in [2.75, 3.05) is 13.1 Å². The van der Waals surface area contributed by atoms with Gasteiger partial charge >= 0.3 is 6.18 Å². The van der Waals surface area contributed by atoms with Gasteiger partial charge in [0.2, 0.25) is 0 Å². The van der Waals surface area contributed by atoms with Crippen LogP contribution in [-0.2, 0) is 6.18 Å². The number of carbonyl (C=O) groups excluding carboxylic acids is 1. The van der Waals surface area contributed by atoms with Crippen LogP contribution in [0, 0.1) is 13.8 Å². The number of alkyl halides is 3. The Labute approximate surface area is 163 Å². The molecule has 3 aromatic heterocycles. The van der Waals surface area contributed by atoms with Gasteiger partial charge < -0.3 is 9.42 Å². The van der Waals surface area contributed by atoms with E-state index in [9.17, 15) is 18.0 Å². The number of fused-ring (bicyclic) bond motifs is 1. The van der Waals surface area contributed by atoms with E-state index in [-0.39, 0.29) is 40.9 Å². The summed E-state index contributed by atoms with van der Waals surface area (Å²) in [4.78, 5) is 26.7. The SMILES string of the molecule is Cc1ncncc1C(=O)N1CCC[C@@H](c2cc(C(F)(F)F)c3c(C)noc3n2)C1. The van der Waals surface area contributed by atoms with Gasteiger partial charge in [0.25, 0.3) is 11.6 Å². The zero-order chi connectivity index (χ0) is 20.8. The van der Waals surface area contributed by atoms with Crippen LogP contribution in [0.3, 0.4) is 0 Å². The molecule has 1 aliphatic rings. The summed E-state index contributed by atoms with van der Waals surface area (Å²) in [5.74, 6) is -0.575. The summed E-state index contributed by atoms with van der Waals surface area (Å²) < 4.78 is 45.9. The molecule has 1 amide bonds. The van der Waals surface area contributed by atoms with E-state index in [2.05, 4.69) is 20.1 Å². The molecule has 3 aromatic rings. The van der Waals surface area contributed by atoms with Crippen molar-refractivity contribution in [3.8, 4) is 0 Å². The predicted molar refractivity (Wildman–Crippen MR) is 96.2 cm³/mol. The van der Waals surface area contributed by atoms with Crippen LogP contribution < -0.4 is 0 Å². The van der Waals surface area contributed by atoms with Crippen LogP contribution in [0.1, 0.15) is 51.8 Å². The Hall–Kier alpha value is -3.04. The lowest BCUT2D eigenvalue weighted by Gasteiger charge is -2.32. The number of amides is 1. The second-order valence-electron chi connectivity index (χ2n) is 7.15. The quantitative estimate of drug-likeness (QED) is 0.647. The molecule has 4 heterocycles. The fourth-order valence-electron chi connectivity index (χ4n) is 3.72. The van der Waals surface area contributed by atoms with Gasteiger partial charge in [-0.1, -0.05) is 5.16 Å². The van der Waals surface area contributed by atoms with Gasteiger partial charge in [-0.2, -0.15) is 13.2 Å². The maximum atomic E-state index is 13.6. The van der Waals surface area contributed by atoms with Gasteiger partial charge in [-0.25, -0.2) is 15.0 Å². The molecule has 0 saturated carbocycles. The number of aromatic nitrogens is 4. The Kier molecular flexibility index (Phi) is 4.71. The maximum Gasteiger partial charge on any atom is 0.417 e. The number of pyridine rings is 1. The number of likely N-dealkylation sites (tertiary alicyclic amines) is 1. The Balaban J connectivity index is 1.67. The van der Waals surface area contributed by atoms with Crippen LogP contribution in [0.5, 0.6) is 0 Å². The van der Waals surface area contributed by atoms with E-state index in [1.165, 1.54) is 19.4 Å². The van der Waals surface area contributed by atoms with Crippen molar-refractivity contribution in [3.63, 3.8) is 0 Å². The van der Waals surface area contributed by atoms with Gasteiger partial charge in [0.15, 0.2) is 0 Å². The molecule has 152 valence electrons. The van der Waals surface area contributed by atoms with Crippen LogP contribution in [0.2, 0.25) is 0 Å². The van der Waals surface area contributed by atoms with Crippen LogP contribution in [-0.4, -0.2) is 44.0 Å². The van der Waals surface area contributed by atoms with Crippen LogP contribution in [0.4, 0.5) is 13.2 Å². The fraction of sp³-hybridized carbons (Fsp3) is 0.421. The van der Waals surface area contributed by atoms with E-state index in [1.54, 1.807) is 11.8 Å². The van der Waals surface area contributed by atoms with E-state index < -0.39 is 11.7 Å². The molecule has 1 fully saturated rings. The molecule has 0 aromatic carbocycles. The second kappa shape index (κ2) is 7.09. The Morgan fingerprint density at radius 3 is 2.79 bits per heavy atom. The first-order valence-corrected chi connectivity index (χ1v) is 9.15. The third-order valence-electron chi connectivity index (χ3n) is 5.21. The number of aryl methyl sites for hydroxylation is 2. The molecule has 0 bridgehead atoms. The van der Waals surface area contributed by atoms with E-state index in [0.717, 1.165) is 6.07 Å². The van der Waals surface area contributed by atoms with Crippen molar-refractivity contribution in [2.24, 2.45) is 0 Å². The minimum atomic E-state index is -4.56. The number of halogens is 3. The number of hydrogen-bond acceptors (Lipinski definition) is 6. The summed E-state index contributed by atoms with van der Waals surface area (Å²) in [6.07, 6.45) is -0.467. The third-order valence-corrected chi connectivity index (χ3v) is 5.21. The van der Waals surface area contributed by atoms with Gasteiger partial charge in [-0.15, -0.1) is 0 Å². The Bertz CT molecular complexity index is 1080. The monoisotopic (exact) mass is 405 g/mol. The molecule has 1 aliphatic heterocycles. The van der Waals surface area contributed by atoms with Gasteiger partial charge in [0, 0.05) is 25.2 Å². The Morgan fingerprint density at radius 2 is 2.07 bits per heavy atom. The molecule has 0 N–H and O–H groups in total. The average Bonchev–Trinajstić information content (AvgIpc) is 3.07. The molecule has 29 heavy (non-hydrogen) atoms. The van der Waals surface area contributed by atoms with Crippen molar-refractivity contribution >= 4 is 17.0 Å². The topological polar surface area (TPSA) is 85.0 Å². The summed E-state index contributed by atoms with van der Waals surface area (Å²) in [5.41, 5.74) is 0.391. The predicted octanol–water partition coefficient (Wildman–Crippen LogP) is 3.67. The highest BCUT2D eigenvalue weighted by molar-refractivity contribution is 5.95. The van der Waals surface area contributed by atoms with Gasteiger partial charge in [-0.3, -0.25) is 4.79 Å². The maximum absolute atomic E-state index is 13.6. The second-order valence-corrected chi connectivity index (χ2v) is 7.15. The smallest absolute Gasteiger partial charge is 0.338 e. The lowest BCUT2D eigenvalue weighted by atomic mass is 9.92. The average molecular weight is 405 g/mol. The largest absolute Gasteiger partial charge is 0.417 e. The molecule has 1 saturated heterocycles. The van der Waals surface area contributed by atoms with Crippen molar-refractivity contribution in [1.29, 1.82) is 0 Å². The van der Waals surface area contributed by atoms with E-state index in [0.29, 0.717) is 30.6 Å². The lowest BCUT2D eigenvalue weighted by molar-refractivity contribution is -0.136. The first-order valence-electron chi connectivity index (χ1n) is 9.15. The van der Waals surface area contributed by atoms with Gasteiger partial charge in [0.1, 0.15) is 6.33 Å². The lowest BCUT2D eigenvalue weighted by Crippen LogP contribution is -2.39. The molecular formula is C19H18F3N5O2. The fourth-order valence-corrected chi connectivity index (χ4v) is 3.72. The summed E-state index contributed by atoms with van der Waals surface area (Å²) >= 11 is 0. The molecular weight excluding hydrogens is 387 g/mol. The molecule has 7 nitrogen and oxygen atoms in total. The molecule has 4 rings (SSSR count). The molecule has 10 heteroatoms. The summed E-state index contributed by atoms with van der Waals surface area (Å²) in [6, 6.07) is 1.06. The molecule has 0 aliphatic carbocycles. The molecule has 1 atom stereocenters. The Morgan fingerprint density at radius 1 is 1.28 bits per heavy atom. The van der Waals surface area contributed by atoms with Crippen LogP contribution >= 0.6 is 0 Å². The normalized spacial score (nSPS) is 17.7. The first kappa shape index (κ1) is 19.3. The summed E-state index contributed by atoms with van der Waals surface area (Å²) in [6.45, 7) is 3.94. The highest BCUT2D eigenvalue weighted by atomic mass is 19.4. The van der Waals surface area contributed by atoms with Crippen molar-refractivity contribution < 1.29 is 22.5 Å². The molecule has 0 radical (unpaired) electrons. The zero-order valence-electron chi connectivity index (χ0n) is 15.8. The highest BCUT2D eigenvalue weighted by Gasteiger charge is 2.37. The zero-order valence-corrected chi connectivity index (χ0v) is 15.8. The van der Waals surface area contributed by atoms with E-state index >= 15 is 0 Å². The summed E-state index contributed by atoms with van der Waals surface area (Å²) in [7, 11) is 0. The van der Waals surface area contributed by atoms with Gasteiger partial charge in [0.05, 0.1) is 33.6 Å². The minimum Gasteiger partial charge on any atom is -0.338 e. The van der Waals surface area contributed by atoms with E-state index in [4.69, 9.17) is 4.52 Å². The standard InChI is InChI=1S/C19H18F3N5O2/c1-10-13(7-23-9-24-10)18(28)27-5-3-4-12(8-27)15-6-14(19(20,21)22)16-11(2)26-29-17(16)25-15/h6-7,9,12H,3-5,8H2,1-2H3/t12-/m1/s1. The first-order chi connectivity index (χ1) is 13.8. The number of hydrogen-bond donors (Lipinski definition) is 0. The van der Waals surface area contributed by atoms with Crippen molar-refractivity contribution in [1.82, 2.24) is 25.0 Å². The number of rotatable bonds is 2. The highest BCUT2D eigenvalue weighted by Crippen LogP contribution is 2.38. The molecule has 0 unspecified atom stereocenters. The number of piperidine rings is 1. The number of nitrogens with zero attached hydrogens (tertiary/aromatic N) is 5. The van der Waals surface area contributed by atoms with Gasteiger partial charge in [-0.05, 0) is 32.8 Å². The van der Waals surface area contributed by atoms with Crippen LogP contribution in [0.15, 0.2) is 23.1 Å². The van der Waals surface area contributed by atoms with Crippen LogP contribution in [0.25, 0.3) is 11.1 Å². The third kappa shape index (κ3) is 3.54. The number of carbonyl (C=O) groups is 1. The minimum absolute atomic E-state index is 0.123. The van der Waals surface area contributed by atoms with E-state index in [1.807, 2.05) is 0 Å². The van der Waals surface area contributed by atoms with Crippen molar-refractivity contribution in [3.05, 3.63) is 46.8 Å². The molecule has 0 spiro atoms. The summed E-state index contributed by atoms with van der Waals surface area (Å²) in [5, 5.41) is 3.51.